The Morgan fingerprint density at radius 2 is 2.30 bits per heavy atom. The van der Waals surface area contributed by atoms with E-state index in [0.717, 1.165) is 36.5 Å². The van der Waals surface area contributed by atoms with Crippen molar-refractivity contribution in [2.75, 3.05) is 5.73 Å². The van der Waals surface area contributed by atoms with Crippen LogP contribution in [0.1, 0.15) is 26.7 Å². The number of rotatable bonds is 3. The van der Waals surface area contributed by atoms with Gasteiger partial charge in [-0.15, -0.1) is 0 Å². The summed E-state index contributed by atoms with van der Waals surface area (Å²) in [5.74, 6) is 0.950. The minimum Gasteiger partial charge on any atom is -0.399 e. The van der Waals surface area contributed by atoms with Gasteiger partial charge in [0.05, 0.1) is 18.2 Å². The first-order valence-electron chi connectivity index (χ1n) is 7.08. The summed E-state index contributed by atoms with van der Waals surface area (Å²) in [6.45, 7) is 5.15. The standard InChI is InChI=1S/C16H21N3O/c1-16(2)7-6-14(20-16)11-19-9-8-18-15(19)12-4-3-5-13(17)10-12/h3-5,8-10,14H,6-7,11,17H2,1-2H3. The molecule has 2 aromatic rings. The lowest BCUT2D eigenvalue weighted by molar-refractivity contribution is -0.0215. The second kappa shape index (κ2) is 4.94. The summed E-state index contributed by atoms with van der Waals surface area (Å²) in [5, 5.41) is 0. The molecule has 0 saturated carbocycles. The van der Waals surface area contributed by atoms with Crippen LogP contribution in [0.4, 0.5) is 5.69 Å². The van der Waals surface area contributed by atoms with E-state index in [1.165, 1.54) is 0 Å². The zero-order valence-corrected chi connectivity index (χ0v) is 12.0. The average molecular weight is 271 g/mol. The van der Waals surface area contributed by atoms with Crippen molar-refractivity contribution in [3.63, 3.8) is 0 Å². The van der Waals surface area contributed by atoms with Crippen molar-refractivity contribution in [2.45, 2.75) is 44.9 Å². The number of nitrogens with two attached hydrogens (primary N) is 1. The fourth-order valence-electron chi connectivity index (χ4n) is 2.82. The normalized spacial score (nSPS) is 21.2. The zero-order chi connectivity index (χ0) is 14.2. The van der Waals surface area contributed by atoms with Gasteiger partial charge in [0.15, 0.2) is 0 Å². The summed E-state index contributed by atoms with van der Waals surface area (Å²) in [6.07, 6.45) is 6.31. The number of imidazole rings is 1. The van der Waals surface area contributed by atoms with Gasteiger partial charge in [-0.1, -0.05) is 12.1 Å². The molecule has 0 amide bonds. The first-order chi connectivity index (χ1) is 9.53. The van der Waals surface area contributed by atoms with E-state index in [-0.39, 0.29) is 11.7 Å². The van der Waals surface area contributed by atoms with E-state index >= 15 is 0 Å². The molecule has 106 valence electrons. The Labute approximate surface area is 119 Å². The number of anilines is 1. The Hall–Kier alpha value is -1.81. The van der Waals surface area contributed by atoms with E-state index in [1.54, 1.807) is 0 Å². The molecule has 0 radical (unpaired) electrons. The van der Waals surface area contributed by atoms with Crippen LogP contribution in [0, 0.1) is 0 Å². The summed E-state index contributed by atoms with van der Waals surface area (Å²) < 4.78 is 8.22. The summed E-state index contributed by atoms with van der Waals surface area (Å²) in [6, 6.07) is 7.84. The lowest BCUT2D eigenvalue weighted by Gasteiger charge is -2.20. The molecule has 3 rings (SSSR count). The molecule has 4 nitrogen and oxygen atoms in total. The van der Waals surface area contributed by atoms with Crippen molar-refractivity contribution < 1.29 is 4.74 Å². The van der Waals surface area contributed by atoms with Gasteiger partial charge in [-0.05, 0) is 38.8 Å². The molecule has 0 spiro atoms. The Kier molecular flexibility index (Phi) is 3.26. The lowest BCUT2D eigenvalue weighted by atomic mass is 10.1. The highest BCUT2D eigenvalue weighted by atomic mass is 16.5. The van der Waals surface area contributed by atoms with Crippen molar-refractivity contribution in [3.8, 4) is 11.4 Å². The number of ether oxygens (including phenoxy) is 1. The highest BCUT2D eigenvalue weighted by Crippen LogP contribution is 2.31. The summed E-state index contributed by atoms with van der Waals surface area (Å²) in [4.78, 5) is 4.46. The number of hydrogen-bond donors (Lipinski definition) is 1. The van der Waals surface area contributed by atoms with Crippen molar-refractivity contribution in [1.29, 1.82) is 0 Å². The van der Waals surface area contributed by atoms with Gasteiger partial charge in [0.2, 0.25) is 0 Å². The van der Waals surface area contributed by atoms with Gasteiger partial charge in [-0.25, -0.2) is 4.98 Å². The van der Waals surface area contributed by atoms with E-state index in [4.69, 9.17) is 10.5 Å². The topological polar surface area (TPSA) is 53.1 Å². The summed E-state index contributed by atoms with van der Waals surface area (Å²) >= 11 is 0. The van der Waals surface area contributed by atoms with Crippen molar-refractivity contribution in [3.05, 3.63) is 36.7 Å². The number of hydrogen-bond acceptors (Lipinski definition) is 3. The van der Waals surface area contributed by atoms with Gasteiger partial charge in [-0.2, -0.15) is 0 Å². The van der Waals surface area contributed by atoms with Crippen molar-refractivity contribution >= 4 is 5.69 Å². The SMILES string of the molecule is CC1(C)CCC(Cn2ccnc2-c2cccc(N)c2)O1. The molecule has 1 fully saturated rings. The molecule has 1 unspecified atom stereocenters. The smallest absolute Gasteiger partial charge is 0.140 e. The van der Waals surface area contributed by atoms with E-state index in [9.17, 15) is 0 Å². The zero-order valence-electron chi connectivity index (χ0n) is 12.0. The predicted molar refractivity (Wildman–Crippen MR) is 80.3 cm³/mol. The van der Waals surface area contributed by atoms with Crippen LogP contribution in [0.5, 0.6) is 0 Å². The molecule has 0 bridgehead atoms. The van der Waals surface area contributed by atoms with E-state index in [2.05, 4.69) is 23.4 Å². The third-order valence-corrected chi connectivity index (χ3v) is 3.81. The lowest BCUT2D eigenvalue weighted by Crippen LogP contribution is -2.23. The Morgan fingerprint density at radius 1 is 1.45 bits per heavy atom. The number of benzene rings is 1. The number of nitrogen functional groups attached to an aromatic ring is 1. The van der Waals surface area contributed by atoms with Crippen LogP contribution in [-0.2, 0) is 11.3 Å². The molecule has 1 aromatic carbocycles. The maximum atomic E-state index is 6.06. The van der Waals surface area contributed by atoms with Gasteiger partial charge in [-0.3, -0.25) is 0 Å². The predicted octanol–water partition coefficient (Wildman–Crippen LogP) is 3.09. The Morgan fingerprint density at radius 3 is 3.00 bits per heavy atom. The molecule has 4 heteroatoms. The quantitative estimate of drug-likeness (QED) is 0.873. The van der Waals surface area contributed by atoms with Crippen LogP contribution in [0.3, 0.4) is 0 Å². The monoisotopic (exact) mass is 271 g/mol. The molecule has 1 aliphatic rings. The molecular formula is C16H21N3O. The van der Waals surface area contributed by atoms with E-state index in [0.29, 0.717) is 0 Å². The van der Waals surface area contributed by atoms with Crippen LogP contribution in [0.15, 0.2) is 36.7 Å². The minimum absolute atomic E-state index is 0.00257. The highest BCUT2D eigenvalue weighted by molar-refractivity contribution is 5.61. The van der Waals surface area contributed by atoms with E-state index in [1.807, 2.05) is 36.7 Å². The molecule has 1 aliphatic heterocycles. The maximum Gasteiger partial charge on any atom is 0.140 e. The molecule has 20 heavy (non-hydrogen) atoms. The highest BCUT2D eigenvalue weighted by Gasteiger charge is 2.31. The number of aromatic nitrogens is 2. The van der Waals surface area contributed by atoms with Gasteiger partial charge in [0.1, 0.15) is 5.82 Å². The van der Waals surface area contributed by atoms with Gasteiger partial charge < -0.3 is 15.0 Å². The summed E-state index contributed by atoms with van der Waals surface area (Å²) in [5.41, 5.74) is 7.66. The minimum atomic E-state index is 0.00257. The Balaban J connectivity index is 1.81. The largest absolute Gasteiger partial charge is 0.399 e. The third kappa shape index (κ3) is 2.70. The van der Waals surface area contributed by atoms with Crippen LogP contribution in [0.25, 0.3) is 11.4 Å². The van der Waals surface area contributed by atoms with Gasteiger partial charge in [0, 0.05) is 23.6 Å². The molecule has 0 aliphatic carbocycles. The van der Waals surface area contributed by atoms with Crippen LogP contribution in [-0.4, -0.2) is 21.3 Å². The van der Waals surface area contributed by atoms with Crippen LogP contribution >= 0.6 is 0 Å². The van der Waals surface area contributed by atoms with Crippen LogP contribution < -0.4 is 5.73 Å². The molecular weight excluding hydrogens is 250 g/mol. The van der Waals surface area contributed by atoms with Crippen molar-refractivity contribution in [2.24, 2.45) is 0 Å². The second-order valence-corrected chi connectivity index (χ2v) is 6.07. The first-order valence-corrected chi connectivity index (χ1v) is 7.08. The van der Waals surface area contributed by atoms with Crippen molar-refractivity contribution in [1.82, 2.24) is 9.55 Å². The number of nitrogens with zero attached hydrogens (tertiary/aromatic N) is 2. The van der Waals surface area contributed by atoms with Crippen LogP contribution in [0.2, 0.25) is 0 Å². The molecule has 2 heterocycles. The second-order valence-electron chi connectivity index (χ2n) is 6.07. The van der Waals surface area contributed by atoms with Gasteiger partial charge >= 0.3 is 0 Å². The third-order valence-electron chi connectivity index (χ3n) is 3.81. The molecule has 1 atom stereocenters. The summed E-state index contributed by atoms with van der Waals surface area (Å²) in [7, 11) is 0. The molecule has 1 saturated heterocycles. The molecule has 2 N–H and O–H groups in total. The van der Waals surface area contributed by atoms with Gasteiger partial charge in [0.25, 0.3) is 0 Å². The fraction of sp³-hybridized carbons (Fsp3) is 0.438. The fourth-order valence-corrected chi connectivity index (χ4v) is 2.82. The Bertz CT molecular complexity index is 603. The first kappa shape index (κ1) is 13.2. The average Bonchev–Trinajstić information content (AvgIpc) is 2.96. The molecule has 1 aromatic heterocycles. The maximum absolute atomic E-state index is 6.06. The van der Waals surface area contributed by atoms with E-state index < -0.39 is 0 Å².